The van der Waals surface area contributed by atoms with Gasteiger partial charge in [0.25, 0.3) is 0 Å². The van der Waals surface area contributed by atoms with Crippen LogP contribution in [0.2, 0.25) is 0 Å². The number of carbonyl (C=O) groups excluding carboxylic acids is 1. The maximum atomic E-state index is 14.9. The molecule has 2 aromatic carbocycles. The van der Waals surface area contributed by atoms with E-state index in [1.807, 2.05) is 0 Å². The lowest BCUT2D eigenvalue weighted by Crippen LogP contribution is -2.34. The molecule has 2 heterocycles. The van der Waals surface area contributed by atoms with Crippen molar-refractivity contribution in [3.05, 3.63) is 81.7 Å². The lowest BCUT2D eigenvalue weighted by atomic mass is 10.1. The van der Waals surface area contributed by atoms with Crippen molar-refractivity contribution in [1.82, 2.24) is 24.9 Å². The van der Waals surface area contributed by atoms with E-state index in [0.29, 0.717) is 22.2 Å². The second kappa shape index (κ2) is 9.30. The van der Waals surface area contributed by atoms with E-state index in [4.69, 9.17) is 5.73 Å². The minimum absolute atomic E-state index is 0.0456. The standard InChI is InChI=1S/C23H23F2N7O2/c1-14-13-28-22(30(25)10-9-16-5-3-4-6-18(16)24)23(34)31(14)32-19-8-7-15(12-20(33)27-2)11-17(19)21(26)29-32/h3-8,11,13H,9-10,12H2,1-2H3,(H2,26,29)(H,27,33). The maximum absolute atomic E-state index is 14.9. The quantitative estimate of drug-likeness (QED) is 0.403. The summed E-state index contributed by atoms with van der Waals surface area (Å²) in [5.74, 6) is -0.913. The highest BCUT2D eigenvalue weighted by molar-refractivity contribution is 5.90. The number of fused-ring (bicyclic) bond motifs is 1. The zero-order valence-electron chi connectivity index (χ0n) is 18.6. The third kappa shape index (κ3) is 4.32. The van der Waals surface area contributed by atoms with Crippen molar-refractivity contribution in [3.8, 4) is 0 Å². The van der Waals surface area contributed by atoms with Gasteiger partial charge in [0.15, 0.2) is 5.82 Å². The van der Waals surface area contributed by atoms with Gasteiger partial charge in [-0.3, -0.25) is 9.59 Å². The highest BCUT2D eigenvalue weighted by Gasteiger charge is 2.20. The Labute approximate surface area is 193 Å². The molecule has 1 amide bonds. The van der Waals surface area contributed by atoms with Crippen LogP contribution >= 0.6 is 0 Å². The Balaban J connectivity index is 1.70. The molecule has 0 unspecified atom stereocenters. The zero-order valence-corrected chi connectivity index (χ0v) is 18.6. The van der Waals surface area contributed by atoms with Crippen LogP contribution < -0.4 is 21.7 Å². The Kier molecular flexibility index (Phi) is 6.26. The molecule has 34 heavy (non-hydrogen) atoms. The van der Waals surface area contributed by atoms with E-state index in [2.05, 4.69) is 15.4 Å². The average molecular weight is 467 g/mol. The molecular weight excluding hydrogens is 444 g/mol. The summed E-state index contributed by atoms with van der Waals surface area (Å²) in [5, 5.41) is 7.56. The molecule has 0 aliphatic heterocycles. The third-order valence-electron chi connectivity index (χ3n) is 5.44. The molecule has 4 rings (SSSR count). The van der Waals surface area contributed by atoms with Crippen LogP contribution in [-0.4, -0.2) is 39.0 Å². The average Bonchev–Trinajstić information content (AvgIpc) is 3.13. The largest absolute Gasteiger partial charge is 0.382 e. The van der Waals surface area contributed by atoms with E-state index in [1.165, 1.54) is 17.1 Å². The van der Waals surface area contributed by atoms with Gasteiger partial charge in [0.2, 0.25) is 11.7 Å². The van der Waals surface area contributed by atoms with E-state index < -0.39 is 17.2 Å². The first-order valence-corrected chi connectivity index (χ1v) is 10.5. The number of nitrogens with one attached hydrogen (secondary N) is 1. The van der Waals surface area contributed by atoms with Crippen LogP contribution in [0.5, 0.6) is 0 Å². The van der Waals surface area contributed by atoms with Crippen LogP contribution in [0.4, 0.5) is 20.5 Å². The fourth-order valence-corrected chi connectivity index (χ4v) is 3.66. The van der Waals surface area contributed by atoms with Gasteiger partial charge >= 0.3 is 5.56 Å². The second-order valence-corrected chi connectivity index (χ2v) is 7.74. The van der Waals surface area contributed by atoms with E-state index in [1.54, 1.807) is 50.4 Å². The van der Waals surface area contributed by atoms with Crippen LogP contribution in [0.3, 0.4) is 0 Å². The first-order chi connectivity index (χ1) is 16.3. The number of halogens is 2. The Morgan fingerprint density at radius 1 is 1.24 bits per heavy atom. The number of nitrogens with two attached hydrogens (primary N) is 1. The molecule has 0 aliphatic carbocycles. The molecule has 2 aromatic heterocycles. The third-order valence-corrected chi connectivity index (χ3v) is 5.44. The molecular formula is C23H23F2N7O2. The number of hydrogen-bond donors (Lipinski definition) is 2. The molecule has 9 nitrogen and oxygen atoms in total. The molecule has 0 saturated heterocycles. The smallest absolute Gasteiger partial charge is 0.316 e. The summed E-state index contributed by atoms with van der Waals surface area (Å²) >= 11 is 0. The molecule has 4 aromatic rings. The summed E-state index contributed by atoms with van der Waals surface area (Å²) in [4.78, 5) is 30.1. The van der Waals surface area contributed by atoms with Crippen molar-refractivity contribution in [3.63, 3.8) is 0 Å². The van der Waals surface area contributed by atoms with Gasteiger partial charge in [-0.25, -0.2) is 9.37 Å². The summed E-state index contributed by atoms with van der Waals surface area (Å²) in [5.41, 5.74) is 7.28. The SMILES string of the molecule is CNC(=O)Cc1ccc2c(c1)c(N)nn2-n1c(C)cnc(N(F)CCc2ccccc2F)c1=O. The molecule has 0 atom stereocenters. The fraction of sp³-hybridized carbons (Fsp3) is 0.217. The summed E-state index contributed by atoms with van der Waals surface area (Å²) in [7, 11) is 1.55. The van der Waals surface area contributed by atoms with Gasteiger partial charge in [-0.05, 0) is 42.7 Å². The molecule has 11 heteroatoms. The lowest BCUT2D eigenvalue weighted by molar-refractivity contribution is -0.119. The number of benzene rings is 2. The number of aromatic nitrogens is 4. The van der Waals surface area contributed by atoms with Crippen molar-refractivity contribution in [1.29, 1.82) is 0 Å². The minimum atomic E-state index is -0.755. The van der Waals surface area contributed by atoms with E-state index in [0.717, 1.165) is 10.2 Å². The number of nitrogen functional groups attached to an aromatic ring is 1. The summed E-state index contributed by atoms with van der Waals surface area (Å²) in [6.45, 7) is 1.36. The lowest BCUT2D eigenvalue weighted by Gasteiger charge is -2.16. The summed E-state index contributed by atoms with van der Waals surface area (Å²) < 4.78 is 29.9. The molecule has 0 fully saturated rings. The first kappa shape index (κ1) is 22.9. The van der Waals surface area contributed by atoms with Crippen LogP contribution in [-0.2, 0) is 17.6 Å². The second-order valence-electron chi connectivity index (χ2n) is 7.74. The fourth-order valence-electron chi connectivity index (χ4n) is 3.66. The summed E-state index contributed by atoms with van der Waals surface area (Å²) in [6.07, 6.45) is 1.55. The van der Waals surface area contributed by atoms with E-state index in [9.17, 15) is 18.5 Å². The van der Waals surface area contributed by atoms with Gasteiger partial charge in [0, 0.05) is 12.4 Å². The number of aryl methyl sites for hydroxylation is 1. The number of hydrogen-bond acceptors (Lipinski definition) is 6. The number of likely N-dealkylation sites (N-methyl/N-ethyl adjacent to an activating group) is 1. The highest BCUT2D eigenvalue weighted by atomic mass is 19.2. The molecule has 176 valence electrons. The monoisotopic (exact) mass is 467 g/mol. The number of amides is 1. The molecule has 0 spiro atoms. The Bertz CT molecular complexity index is 1430. The molecule has 0 bridgehead atoms. The number of rotatable bonds is 7. The van der Waals surface area contributed by atoms with Gasteiger partial charge in [-0.2, -0.15) is 14.6 Å². The Morgan fingerprint density at radius 2 is 2.00 bits per heavy atom. The summed E-state index contributed by atoms with van der Waals surface area (Å²) in [6, 6.07) is 11.2. The molecule has 0 radical (unpaired) electrons. The van der Waals surface area contributed by atoms with Gasteiger partial charge in [0.05, 0.1) is 30.4 Å². The molecule has 3 N–H and O–H groups in total. The zero-order chi connectivity index (χ0) is 24.4. The van der Waals surface area contributed by atoms with E-state index >= 15 is 0 Å². The van der Waals surface area contributed by atoms with Crippen molar-refractivity contribution >= 4 is 28.4 Å². The highest BCUT2D eigenvalue weighted by Crippen LogP contribution is 2.23. The van der Waals surface area contributed by atoms with Gasteiger partial charge in [-0.15, -0.1) is 5.10 Å². The van der Waals surface area contributed by atoms with Crippen molar-refractivity contribution in [2.24, 2.45) is 0 Å². The normalized spacial score (nSPS) is 11.1. The van der Waals surface area contributed by atoms with Crippen molar-refractivity contribution in [2.75, 3.05) is 24.4 Å². The van der Waals surface area contributed by atoms with Crippen LogP contribution in [0, 0.1) is 12.7 Å². The van der Waals surface area contributed by atoms with Crippen LogP contribution in [0.15, 0.2) is 53.5 Å². The van der Waals surface area contributed by atoms with Crippen LogP contribution in [0.25, 0.3) is 10.9 Å². The Hall–Kier alpha value is -4.28. The number of nitrogens with zero attached hydrogens (tertiary/aromatic N) is 5. The minimum Gasteiger partial charge on any atom is -0.382 e. The van der Waals surface area contributed by atoms with E-state index in [-0.39, 0.29) is 36.2 Å². The maximum Gasteiger partial charge on any atom is 0.316 e. The van der Waals surface area contributed by atoms with Crippen LogP contribution in [0.1, 0.15) is 16.8 Å². The predicted octanol–water partition coefficient (Wildman–Crippen LogP) is 2.16. The molecule has 0 aliphatic rings. The first-order valence-electron chi connectivity index (χ1n) is 10.5. The van der Waals surface area contributed by atoms with Gasteiger partial charge in [-0.1, -0.05) is 28.7 Å². The van der Waals surface area contributed by atoms with Gasteiger partial charge < -0.3 is 11.1 Å². The topological polar surface area (TPSA) is 111 Å². The number of carbonyl (C=O) groups is 1. The van der Waals surface area contributed by atoms with Crippen molar-refractivity contribution in [2.45, 2.75) is 19.8 Å². The predicted molar refractivity (Wildman–Crippen MR) is 125 cm³/mol. The molecule has 0 saturated carbocycles. The Morgan fingerprint density at radius 3 is 2.74 bits per heavy atom. The van der Waals surface area contributed by atoms with Gasteiger partial charge in [0.1, 0.15) is 5.82 Å². The van der Waals surface area contributed by atoms with Crippen molar-refractivity contribution < 1.29 is 13.7 Å². The number of anilines is 2.